The van der Waals surface area contributed by atoms with Crippen molar-refractivity contribution < 1.29 is 4.79 Å². The second kappa shape index (κ2) is 6.82. The lowest BCUT2D eigenvalue weighted by atomic mass is 9.95. The molecule has 1 heterocycles. The van der Waals surface area contributed by atoms with E-state index in [1.54, 1.807) is 12.1 Å². The molecule has 104 valence electrons. The molecule has 0 radical (unpaired) electrons. The van der Waals surface area contributed by atoms with E-state index in [2.05, 4.69) is 16.6 Å². The number of carbonyl (C=O) groups is 1. The Morgan fingerprint density at radius 2 is 2.21 bits per heavy atom. The van der Waals surface area contributed by atoms with Gasteiger partial charge in [-0.15, -0.1) is 0 Å². The molecule has 2 atom stereocenters. The first kappa shape index (κ1) is 14.9. The van der Waals surface area contributed by atoms with Crippen molar-refractivity contribution in [1.82, 2.24) is 10.3 Å². The van der Waals surface area contributed by atoms with E-state index in [0.29, 0.717) is 10.3 Å². The molecule has 6 heteroatoms. The van der Waals surface area contributed by atoms with E-state index in [1.165, 1.54) is 6.42 Å². The van der Waals surface area contributed by atoms with E-state index in [0.717, 1.165) is 19.3 Å². The highest BCUT2D eigenvalue weighted by atomic mass is 35.5. The summed E-state index contributed by atoms with van der Waals surface area (Å²) in [6.07, 6.45) is 6.51. The zero-order valence-corrected chi connectivity index (χ0v) is 13.0. The summed E-state index contributed by atoms with van der Waals surface area (Å²) in [6, 6.07) is 3.37. The highest BCUT2D eigenvalue weighted by Gasteiger charge is 2.24. The molecule has 1 aliphatic carbocycles. The zero-order valence-electron chi connectivity index (χ0n) is 10.7. The van der Waals surface area contributed by atoms with Crippen LogP contribution in [0.5, 0.6) is 0 Å². The van der Waals surface area contributed by atoms with Gasteiger partial charge in [-0.25, -0.2) is 4.98 Å². The number of rotatable bonds is 3. The van der Waals surface area contributed by atoms with Crippen molar-refractivity contribution in [2.75, 3.05) is 6.26 Å². The molecule has 3 nitrogen and oxygen atoms in total. The summed E-state index contributed by atoms with van der Waals surface area (Å²) >= 11 is 13.6. The predicted octanol–water partition coefficient (Wildman–Crippen LogP) is 3.79. The third-order valence-corrected chi connectivity index (χ3v) is 4.93. The number of hydrogen-bond donors (Lipinski definition) is 1. The SMILES string of the molecule is CSC1CCCC(NC(=O)c2nc(Cl)ccc2Cl)C1. The second-order valence-electron chi connectivity index (χ2n) is 4.66. The summed E-state index contributed by atoms with van der Waals surface area (Å²) in [5, 5.41) is 4.25. The Morgan fingerprint density at radius 3 is 2.95 bits per heavy atom. The number of carbonyl (C=O) groups excluding carboxylic acids is 1. The van der Waals surface area contributed by atoms with E-state index >= 15 is 0 Å². The van der Waals surface area contributed by atoms with Gasteiger partial charge in [-0.3, -0.25) is 4.79 Å². The number of thioether (sulfide) groups is 1. The summed E-state index contributed by atoms with van der Waals surface area (Å²) < 4.78 is 0. The van der Waals surface area contributed by atoms with E-state index in [4.69, 9.17) is 23.2 Å². The average Bonchev–Trinajstić information content (AvgIpc) is 2.41. The molecule has 1 saturated carbocycles. The van der Waals surface area contributed by atoms with Crippen molar-refractivity contribution in [2.24, 2.45) is 0 Å². The summed E-state index contributed by atoms with van der Waals surface area (Å²) in [4.78, 5) is 16.2. The van der Waals surface area contributed by atoms with E-state index in [-0.39, 0.29) is 22.8 Å². The number of amides is 1. The molecule has 0 bridgehead atoms. The Morgan fingerprint density at radius 1 is 1.42 bits per heavy atom. The number of pyridine rings is 1. The molecule has 1 aromatic heterocycles. The molecule has 1 aliphatic rings. The van der Waals surface area contributed by atoms with Crippen molar-refractivity contribution in [3.8, 4) is 0 Å². The van der Waals surface area contributed by atoms with Gasteiger partial charge in [0.25, 0.3) is 5.91 Å². The summed E-state index contributed by atoms with van der Waals surface area (Å²) in [6.45, 7) is 0. The third-order valence-electron chi connectivity index (χ3n) is 3.32. The smallest absolute Gasteiger partial charge is 0.271 e. The molecule has 0 saturated heterocycles. The van der Waals surface area contributed by atoms with Crippen molar-refractivity contribution >= 4 is 40.9 Å². The Balaban J connectivity index is 2.02. The van der Waals surface area contributed by atoms with Crippen LogP contribution in [0.25, 0.3) is 0 Å². The summed E-state index contributed by atoms with van der Waals surface area (Å²) in [5.41, 5.74) is 0.209. The van der Waals surface area contributed by atoms with E-state index in [9.17, 15) is 4.79 Å². The standard InChI is InChI=1S/C13H16Cl2N2OS/c1-19-9-4-2-3-8(7-9)16-13(18)12-10(14)5-6-11(15)17-12/h5-6,8-9H,2-4,7H2,1H3,(H,16,18). The monoisotopic (exact) mass is 318 g/mol. The molecule has 0 aliphatic heterocycles. The molecule has 1 amide bonds. The lowest BCUT2D eigenvalue weighted by molar-refractivity contribution is 0.0923. The maximum Gasteiger partial charge on any atom is 0.271 e. The van der Waals surface area contributed by atoms with Crippen LogP contribution in [0.1, 0.15) is 36.2 Å². The highest BCUT2D eigenvalue weighted by molar-refractivity contribution is 7.99. The number of hydrogen-bond acceptors (Lipinski definition) is 3. The van der Waals surface area contributed by atoms with Crippen LogP contribution < -0.4 is 5.32 Å². The Bertz CT molecular complexity index is 470. The molecular weight excluding hydrogens is 303 g/mol. The minimum Gasteiger partial charge on any atom is -0.348 e. The lowest BCUT2D eigenvalue weighted by Crippen LogP contribution is -2.39. The van der Waals surface area contributed by atoms with Gasteiger partial charge in [0.2, 0.25) is 0 Å². The van der Waals surface area contributed by atoms with Crippen LogP contribution in [0, 0.1) is 0 Å². The quantitative estimate of drug-likeness (QED) is 0.862. The van der Waals surface area contributed by atoms with Gasteiger partial charge >= 0.3 is 0 Å². The van der Waals surface area contributed by atoms with Crippen LogP contribution >= 0.6 is 35.0 Å². The topological polar surface area (TPSA) is 42.0 Å². The van der Waals surface area contributed by atoms with Gasteiger partial charge in [0.15, 0.2) is 0 Å². The Kier molecular flexibility index (Phi) is 5.37. The number of nitrogens with zero attached hydrogens (tertiary/aromatic N) is 1. The Hall–Kier alpha value is -0.450. The number of nitrogens with one attached hydrogen (secondary N) is 1. The lowest BCUT2D eigenvalue weighted by Gasteiger charge is -2.28. The molecule has 1 aromatic rings. The van der Waals surface area contributed by atoms with Crippen molar-refractivity contribution in [2.45, 2.75) is 37.0 Å². The zero-order chi connectivity index (χ0) is 13.8. The first-order valence-corrected chi connectivity index (χ1v) is 8.30. The molecule has 2 unspecified atom stereocenters. The van der Waals surface area contributed by atoms with E-state index < -0.39 is 0 Å². The van der Waals surface area contributed by atoms with Gasteiger partial charge in [0.1, 0.15) is 10.8 Å². The molecule has 2 rings (SSSR count). The highest BCUT2D eigenvalue weighted by Crippen LogP contribution is 2.27. The van der Waals surface area contributed by atoms with Crippen LogP contribution in [0.3, 0.4) is 0 Å². The van der Waals surface area contributed by atoms with Gasteiger partial charge in [-0.05, 0) is 37.7 Å². The molecule has 0 spiro atoms. The Labute approximate surface area is 127 Å². The molecule has 19 heavy (non-hydrogen) atoms. The fourth-order valence-corrected chi connectivity index (χ4v) is 3.49. The number of aromatic nitrogens is 1. The number of halogens is 2. The van der Waals surface area contributed by atoms with Gasteiger partial charge in [0.05, 0.1) is 5.02 Å². The van der Waals surface area contributed by atoms with Crippen LogP contribution in [-0.4, -0.2) is 28.4 Å². The first-order valence-electron chi connectivity index (χ1n) is 6.26. The van der Waals surface area contributed by atoms with Crippen LogP contribution in [-0.2, 0) is 0 Å². The fourth-order valence-electron chi connectivity index (χ4n) is 2.32. The molecule has 0 aromatic carbocycles. The van der Waals surface area contributed by atoms with Gasteiger partial charge < -0.3 is 5.32 Å². The molecule has 1 fully saturated rings. The maximum absolute atomic E-state index is 12.2. The van der Waals surface area contributed by atoms with Crippen molar-refractivity contribution in [3.05, 3.63) is 28.0 Å². The summed E-state index contributed by atoms with van der Waals surface area (Å²) in [5.74, 6) is -0.237. The van der Waals surface area contributed by atoms with Gasteiger partial charge in [0, 0.05) is 11.3 Å². The largest absolute Gasteiger partial charge is 0.348 e. The van der Waals surface area contributed by atoms with Gasteiger partial charge in [-0.2, -0.15) is 11.8 Å². The van der Waals surface area contributed by atoms with Crippen molar-refractivity contribution in [3.63, 3.8) is 0 Å². The first-order chi connectivity index (χ1) is 9.10. The molecular formula is C13H16Cl2N2OS. The maximum atomic E-state index is 12.2. The third kappa shape index (κ3) is 4.01. The fraction of sp³-hybridized carbons (Fsp3) is 0.538. The molecule has 1 N–H and O–H groups in total. The van der Waals surface area contributed by atoms with Crippen molar-refractivity contribution in [1.29, 1.82) is 0 Å². The van der Waals surface area contributed by atoms with Gasteiger partial charge in [-0.1, -0.05) is 29.6 Å². The minimum absolute atomic E-state index is 0.204. The normalized spacial score (nSPS) is 23.1. The summed E-state index contributed by atoms with van der Waals surface area (Å²) in [7, 11) is 0. The van der Waals surface area contributed by atoms with Crippen LogP contribution in [0.2, 0.25) is 10.2 Å². The van der Waals surface area contributed by atoms with E-state index in [1.807, 2.05) is 11.8 Å². The predicted molar refractivity (Wildman–Crippen MR) is 81.3 cm³/mol. The minimum atomic E-state index is -0.237. The second-order valence-corrected chi connectivity index (χ2v) is 6.59. The van der Waals surface area contributed by atoms with Crippen LogP contribution in [0.15, 0.2) is 12.1 Å². The van der Waals surface area contributed by atoms with Crippen LogP contribution in [0.4, 0.5) is 0 Å². The average molecular weight is 319 g/mol.